The normalized spacial score (nSPS) is 12.2. The highest BCUT2D eigenvalue weighted by molar-refractivity contribution is 5.80. The first-order chi connectivity index (χ1) is 14.1. The summed E-state index contributed by atoms with van der Waals surface area (Å²) >= 11 is 0. The van der Waals surface area contributed by atoms with Gasteiger partial charge in [0.25, 0.3) is 0 Å². The van der Waals surface area contributed by atoms with Crippen molar-refractivity contribution in [2.75, 3.05) is 37.1 Å². The smallest absolute Gasteiger partial charge is 0.395 e. The maximum atomic E-state index is 13.2. The Hall–Kier alpha value is -2.67. The lowest BCUT2D eigenvalue weighted by Gasteiger charge is -2.22. The molecule has 1 atom stereocenters. The van der Waals surface area contributed by atoms with E-state index in [9.17, 15) is 28.0 Å². The number of likely N-dealkylation sites (N-methyl/N-ethyl adjacent to an activating group) is 1. The second-order valence-corrected chi connectivity index (χ2v) is 6.61. The fourth-order valence-electron chi connectivity index (χ4n) is 2.61. The lowest BCUT2D eigenvalue weighted by Crippen LogP contribution is -2.40. The number of anilines is 2. The third-order valence-corrected chi connectivity index (χ3v) is 4.22. The van der Waals surface area contributed by atoms with Crippen LogP contribution < -0.4 is 15.8 Å². The molecule has 170 valence electrons. The number of amides is 2. The first kappa shape index (κ1) is 25.4. The molecule has 1 rings (SSSR count). The minimum atomic E-state index is -4.70. The number of carbonyl (C=O) groups excluding carboxylic acids is 2. The van der Waals surface area contributed by atoms with E-state index in [1.807, 2.05) is 6.92 Å². The quantitative estimate of drug-likeness (QED) is 0.158. The zero-order valence-corrected chi connectivity index (χ0v) is 16.8. The number of hydrazine groups is 1. The summed E-state index contributed by atoms with van der Waals surface area (Å²) in [6.07, 6.45) is -1.11. The standard InChI is InChI=1S/C17H27F3N6O4/c1-3-4-5-6-12(10-26(30)11-28)15(29)23-24-16-21-9-13(17(18,19)20)14(22-16)25(2)7-8-27/h9,11-12,27,30H,3-8,10H2,1-2H3,(H,23,29)(H,21,22,24)/t12-/m1/s1. The summed E-state index contributed by atoms with van der Waals surface area (Å²) in [6, 6.07) is 0. The van der Waals surface area contributed by atoms with Crippen LogP contribution in [0.5, 0.6) is 0 Å². The highest BCUT2D eigenvalue weighted by Gasteiger charge is 2.36. The first-order valence-corrected chi connectivity index (χ1v) is 9.36. The first-order valence-electron chi connectivity index (χ1n) is 9.36. The molecule has 1 aromatic rings. The van der Waals surface area contributed by atoms with E-state index in [-0.39, 0.29) is 32.1 Å². The highest BCUT2D eigenvalue weighted by Crippen LogP contribution is 2.35. The van der Waals surface area contributed by atoms with Crippen molar-refractivity contribution in [3.63, 3.8) is 0 Å². The van der Waals surface area contributed by atoms with Crippen molar-refractivity contribution >= 4 is 24.1 Å². The van der Waals surface area contributed by atoms with E-state index < -0.39 is 29.4 Å². The summed E-state index contributed by atoms with van der Waals surface area (Å²) in [5.41, 5.74) is 3.56. The van der Waals surface area contributed by atoms with Crippen LogP contribution >= 0.6 is 0 Å². The van der Waals surface area contributed by atoms with Crippen LogP contribution in [0.1, 0.15) is 38.2 Å². The topological polar surface area (TPSA) is 131 Å². The Morgan fingerprint density at radius 2 is 2.07 bits per heavy atom. The molecule has 4 N–H and O–H groups in total. The van der Waals surface area contributed by atoms with Crippen molar-refractivity contribution < 1.29 is 33.1 Å². The Morgan fingerprint density at radius 1 is 1.37 bits per heavy atom. The van der Waals surface area contributed by atoms with Crippen LogP contribution in [0.25, 0.3) is 0 Å². The SMILES string of the molecule is CCCCC[C@H](CN(O)C=O)C(=O)NNc1ncc(C(F)(F)F)c(N(C)CCO)n1. The molecule has 13 heteroatoms. The fraction of sp³-hybridized carbons (Fsp3) is 0.647. The van der Waals surface area contributed by atoms with Gasteiger partial charge in [0.05, 0.1) is 19.1 Å². The number of hydrogen-bond donors (Lipinski definition) is 4. The monoisotopic (exact) mass is 436 g/mol. The van der Waals surface area contributed by atoms with Crippen molar-refractivity contribution in [2.45, 2.75) is 38.8 Å². The molecule has 0 fully saturated rings. The molecular weight excluding hydrogens is 409 g/mol. The summed E-state index contributed by atoms with van der Waals surface area (Å²) in [7, 11) is 1.33. The second kappa shape index (κ2) is 12.1. The zero-order chi connectivity index (χ0) is 22.7. The van der Waals surface area contributed by atoms with Crippen LogP contribution in [-0.4, -0.2) is 64.4 Å². The molecule has 0 aliphatic rings. The molecule has 0 spiro atoms. The number of rotatable bonds is 13. The maximum absolute atomic E-state index is 13.2. The summed E-state index contributed by atoms with van der Waals surface area (Å²) in [5, 5.41) is 18.7. The van der Waals surface area contributed by atoms with Crippen molar-refractivity contribution in [1.29, 1.82) is 0 Å². The lowest BCUT2D eigenvalue weighted by molar-refractivity contribution is -0.154. The van der Waals surface area contributed by atoms with Crippen molar-refractivity contribution in [1.82, 2.24) is 20.5 Å². The van der Waals surface area contributed by atoms with Gasteiger partial charge >= 0.3 is 6.18 Å². The molecular formula is C17H27F3N6O4. The van der Waals surface area contributed by atoms with Gasteiger partial charge in [-0.3, -0.25) is 25.6 Å². The summed E-state index contributed by atoms with van der Waals surface area (Å²) in [5.74, 6) is -2.09. The van der Waals surface area contributed by atoms with Gasteiger partial charge in [0.15, 0.2) is 0 Å². The summed E-state index contributed by atoms with van der Waals surface area (Å²) in [4.78, 5) is 31.5. The molecule has 30 heavy (non-hydrogen) atoms. The lowest BCUT2D eigenvalue weighted by atomic mass is 10.0. The van der Waals surface area contributed by atoms with Gasteiger partial charge in [0.1, 0.15) is 11.4 Å². The minimum absolute atomic E-state index is 0.0938. The number of alkyl halides is 3. The van der Waals surface area contributed by atoms with Gasteiger partial charge in [-0.2, -0.15) is 18.2 Å². The average Bonchev–Trinajstić information content (AvgIpc) is 2.70. The van der Waals surface area contributed by atoms with Gasteiger partial charge in [0.2, 0.25) is 18.3 Å². The number of nitrogens with zero attached hydrogens (tertiary/aromatic N) is 4. The average molecular weight is 436 g/mol. The fourth-order valence-corrected chi connectivity index (χ4v) is 2.61. The van der Waals surface area contributed by atoms with E-state index in [1.54, 1.807) is 0 Å². The van der Waals surface area contributed by atoms with Crippen molar-refractivity contribution in [2.24, 2.45) is 5.92 Å². The molecule has 0 bridgehead atoms. The van der Waals surface area contributed by atoms with Crippen LogP contribution in [0.15, 0.2) is 6.20 Å². The van der Waals surface area contributed by atoms with Crippen LogP contribution in [-0.2, 0) is 15.8 Å². The molecule has 0 saturated carbocycles. The molecule has 0 aromatic carbocycles. The second-order valence-electron chi connectivity index (χ2n) is 6.61. The van der Waals surface area contributed by atoms with Crippen LogP contribution in [0.3, 0.4) is 0 Å². The van der Waals surface area contributed by atoms with E-state index in [2.05, 4.69) is 20.8 Å². The van der Waals surface area contributed by atoms with Crippen molar-refractivity contribution in [3.05, 3.63) is 11.8 Å². The number of aromatic nitrogens is 2. The molecule has 1 heterocycles. The number of halogens is 3. The molecule has 0 aliphatic heterocycles. The van der Waals surface area contributed by atoms with E-state index in [0.717, 1.165) is 17.7 Å². The van der Waals surface area contributed by atoms with E-state index in [0.29, 0.717) is 24.1 Å². The van der Waals surface area contributed by atoms with Crippen LogP contribution in [0.4, 0.5) is 24.9 Å². The van der Waals surface area contributed by atoms with Crippen LogP contribution in [0.2, 0.25) is 0 Å². The predicted molar refractivity (Wildman–Crippen MR) is 101 cm³/mol. The van der Waals surface area contributed by atoms with Crippen LogP contribution in [0, 0.1) is 5.92 Å². The number of carbonyl (C=O) groups is 2. The van der Waals surface area contributed by atoms with E-state index in [4.69, 9.17) is 5.11 Å². The molecule has 1 aromatic heterocycles. The van der Waals surface area contributed by atoms with Gasteiger partial charge < -0.3 is 10.0 Å². The number of nitrogens with one attached hydrogen (secondary N) is 2. The van der Waals surface area contributed by atoms with Gasteiger partial charge in [-0.1, -0.05) is 26.2 Å². The number of unbranched alkanes of at least 4 members (excludes halogenated alkanes) is 2. The molecule has 0 aliphatic carbocycles. The van der Waals surface area contributed by atoms with E-state index in [1.165, 1.54) is 7.05 Å². The molecule has 0 radical (unpaired) electrons. The third-order valence-electron chi connectivity index (χ3n) is 4.22. The maximum Gasteiger partial charge on any atom is 0.421 e. The number of aliphatic hydroxyl groups excluding tert-OH is 1. The Balaban J connectivity index is 2.92. The predicted octanol–water partition coefficient (Wildman–Crippen LogP) is 1.41. The molecule has 2 amide bonds. The Bertz CT molecular complexity index is 692. The van der Waals surface area contributed by atoms with Gasteiger partial charge in [-0.15, -0.1) is 0 Å². The Kier molecular flexibility index (Phi) is 10.3. The number of aliphatic hydroxyl groups is 1. The number of hydrogen-bond acceptors (Lipinski definition) is 8. The molecule has 10 nitrogen and oxygen atoms in total. The minimum Gasteiger partial charge on any atom is -0.395 e. The summed E-state index contributed by atoms with van der Waals surface area (Å²) in [6.45, 7) is 1.27. The molecule has 0 saturated heterocycles. The highest BCUT2D eigenvalue weighted by atomic mass is 19.4. The Labute approximate surface area is 172 Å². The number of hydroxylamine groups is 2. The third kappa shape index (κ3) is 7.99. The van der Waals surface area contributed by atoms with Crippen molar-refractivity contribution in [3.8, 4) is 0 Å². The van der Waals surface area contributed by atoms with Gasteiger partial charge in [0, 0.05) is 19.8 Å². The van der Waals surface area contributed by atoms with Gasteiger partial charge in [-0.05, 0) is 6.42 Å². The van der Waals surface area contributed by atoms with Gasteiger partial charge in [-0.25, -0.2) is 10.0 Å². The van der Waals surface area contributed by atoms with E-state index >= 15 is 0 Å². The largest absolute Gasteiger partial charge is 0.421 e. The summed E-state index contributed by atoms with van der Waals surface area (Å²) < 4.78 is 39.6. The Morgan fingerprint density at radius 3 is 2.63 bits per heavy atom. The molecule has 0 unspecified atom stereocenters. The zero-order valence-electron chi connectivity index (χ0n) is 16.8.